The minimum absolute atomic E-state index is 0.0916. The predicted molar refractivity (Wildman–Crippen MR) is 115 cm³/mol. The fourth-order valence-electron chi connectivity index (χ4n) is 3.58. The van der Waals surface area contributed by atoms with Crippen molar-refractivity contribution in [3.8, 4) is 11.5 Å². The highest BCUT2D eigenvalue weighted by Gasteiger charge is 2.24. The molecule has 1 aliphatic heterocycles. The van der Waals surface area contributed by atoms with Crippen molar-refractivity contribution in [3.05, 3.63) is 42.1 Å². The molecule has 3 rings (SSSR count). The van der Waals surface area contributed by atoms with E-state index in [-0.39, 0.29) is 17.7 Å². The topological polar surface area (TPSA) is 107 Å². The average Bonchev–Trinajstić information content (AvgIpc) is 2.78. The summed E-state index contributed by atoms with van der Waals surface area (Å²) in [5.74, 6) is 1.59. The lowest BCUT2D eigenvalue weighted by atomic mass is 9.97. The molecule has 0 bridgehead atoms. The van der Waals surface area contributed by atoms with E-state index in [0.717, 1.165) is 30.8 Å². The van der Waals surface area contributed by atoms with Crippen LogP contribution in [-0.2, 0) is 16.0 Å². The lowest BCUT2D eigenvalue weighted by Gasteiger charge is -2.32. The van der Waals surface area contributed by atoms with Gasteiger partial charge in [-0.3, -0.25) is 9.59 Å². The monoisotopic (exact) mass is 412 g/mol. The molecule has 1 saturated heterocycles. The predicted octanol–water partition coefficient (Wildman–Crippen LogP) is 2.37. The molecule has 8 nitrogen and oxygen atoms in total. The van der Waals surface area contributed by atoms with Crippen molar-refractivity contribution in [3.63, 3.8) is 0 Å². The molecule has 0 spiro atoms. The summed E-state index contributed by atoms with van der Waals surface area (Å²) in [6.07, 6.45) is 4.28. The van der Waals surface area contributed by atoms with E-state index in [9.17, 15) is 9.59 Å². The molecule has 1 unspecified atom stereocenters. The number of carbonyl (C=O) groups is 2. The number of nitrogens with two attached hydrogens (primary N) is 1. The smallest absolute Gasteiger partial charge is 0.224 e. The number of aryl methyl sites for hydroxylation is 1. The molecule has 1 aliphatic rings. The molecule has 2 heterocycles. The number of rotatable bonds is 8. The van der Waals surface area contributed by atoms with Crippen LogP contribution < -0.4 is 25.4 Å². The number of pyridine rings is 1. The summed E-state index contributed by atoms with van der Waals surface area (Å²) in [6, 6.07) is 9.30. The van der Waals surface area contributed by atoms with Crippen LogP contribution in [-0.4, -0.2) is 44.1 Å². The number of piperidine rings is 1. The summed E-state index contributed by atoms with van der Waals surface area (Å²) in [4.78, 5) is 30.3. The molecule has 2 amide bonds. The van der Waals surface area contributed by atoms with Crippen LogP contribution in [0.25, 0.3) is 0 Å². The second-order valence-corrected chi connectivity index (χ2v) is 7.33. The summed E-state index contributed by atoms with van der Waals surface area (Å²) in [5, 5.41) is 2.87. The van der Waals surface area contributed by atoms with Gasteiger partial charge >= 0.3 is 0 Å². The maximum Gasteiger partial charge on any atom is 0.224 e. The van der Waals surface area contributed by atoms with Gasteiger partial charge < -0.3 is 25.4 Å². The maximum absolute atomic E-state index is 12.3. The van der Waals surface area contributed by atoms with E-state index in [1.807, 2.05) is 30.3 Å². The van der Waals surface area contributed by atoms with Gasteiger partial charge in [0.25, 0.3) is 0 Å². The van der Waals surface area contributed by atoms with Crippen molar-refractivity contribution in [1.82, 2.24) is 4.98 Å². The van der Waals surface area contributed by atoms with E-state index in [1.165, 1.54) is 0 Å². The number of carbonyl (C=O) groups excluding carboxylic acids is 2. The van der Waals surface area contributed by atoms with Gasteiger partial charge in [-0.05, 0) is 49.1 Å². The first-order chi connectivity index (χ1) is 14.5. The highest BCUT2D eigenvalue weighted by Crippen LogP contribution is 2.28. The summed E-state index contributed by atoms with van der Waals surface area (Å²) < 4.78 is 10.5. The minimum atomic E-state index is -0.266. The van der Waals surface area contributed by atoms with Gasteiger partial charge in [0.2, 0.25) is 11.8 Å². The SMILES string of the molecule is COc1ccc(CCC(=O)Nc2ccc(N3CCCC(C(N)=O)C3)nc2)cc1OC. The Morgan fingerprint density at radius 2 is 2.00 bits per heavy atom. The van der Waals surface area contributed by atoms with Crippen molar-refractivity contribution in [2.45, 2.75) is 25.7 Å². The number of primary amides is 1. The summed E-state index contributed by atoms with van der Waals surface area (Å²) in [5.41, 5.74) is 7.07. The number of amides is 2. The zero-order chi connectivity index (χ0) is 21.5. The van der Waals surface area contributed by atoms with Crippen molar-refractivity contribution < 1.29 is 19.1 Å². The number of hydrogen-bond donors (Lipinski definition) is 2. The van der Waals surface area contributed by atoms with E-state index < -0.39 is 0 Å². The number of nitrogens with zero attached hydrogens (tertiary/aromatic N) is 2. The van der Waals surface area contributed by atoms with E-state index in [0.29, 0.717) is 36.6 Å². The van der Waals surface area contributed by atoms with Crippen molar-refractivity contribution in [2.24, 2.45) is 11.7 Å². The fraction of sp³-hybridized carbons (Fsp3) is 0.409. The van der Waals surface area contributed by atoms with Crippen LogP contribution in [0.1, 0.15) is 24.8 Å². The Kier molecular flexibility index (Phi) is 7.11. The van der Waals surface area contributed by atoms with Crippen molar-refractivity contribution >= 4 is 23.3 Å². The van der Waals surface area contributed by atoms with Crippen LogP contribution in [0.2, 0.25) is 0 Å². The molecule has 8 heteroatoms. The van der Waals surface area contributed by atoms with Crippen molar-refractivity contribution in [1.29, 1.82) is 0 Å². The van der Waals surface area contributed by atoms with Gasteiger partial charge in [0.1, 0.15) is 5.82 Å². The highest BCUT2D eigenvalue weighted by molar-refractivity contribution is 5.90. The Morgan fingerprint density at radius 1 is 1.20 bits per heavy atom. The van der Waals surface area contributed by atoms with Gasteiger partial charge in [0, 0.05) is 19.5 Å². The zero-order valence-electron chi connectivity index (χ0n) is 17.4. The Morgan fingerprint density at radius 3 is 2.67 bits per heavy atom. The standard InChI is InChI=1S/C22H28N4O4/c1-29-18-8-5-15(12-19(18)30-2)6-10-21(27)25-17-7-9-20(24-13-17)26-11-3-4-16(14-26)22(23)28/h5,7-9,12-13,16H,3-4,6,10-11,14H2,1-2H3,(H2,23,28)(H,25,27). The van der Waals surface area contributed by atoms with Crippen LogP contribution in [0.15, 0.2) is 36.5 Å². The lowest BCUT2D eigenvalue weighted by molar-refractivity contribution is -0.122. The first-order valence-electron chi connectivity index (χ1n) is 10.0. The highest BCUT2D eigenvalue weighted by atomic mass is 16.5. The quantitative estimate of drug-likeness (QED) is 0.689. The van der Waals surface area contributed by atoms with Crippen molar-refractivity contribution in [2.75, 3.05) is 37.5 Å². The van der Waals surface area contributed by atoms with Gasteiger partial charge in [-0.1, -0.05) is 6.07 Å². The average molecular weight is 412 g/mol. The summed E-state index contributed by atoms with van der Waals surface area (Å²) in [7, 11) is 3.18. The molecular formula is C22H28N4O4. The van der Waals surface area contributed by atoms with Gasteiger partial charge in [0.05, 0.1) is 32.0 Å². The van der Waals surface area contributed by atoms with E-state index in [2.05, 4.69) is 15.2 Å². The molecule has 1 aromatic carbocycles. The fourth-order valence-corrected chi connectivity index (χ4v) is 3.58. The number of ether oxygens (including phenoxy) is 2. The molecule has 2 aromatic rings. The second kappa shape index (κ2) is 9.96. The molecular weight excluding hydrogens is 384 g/mol. The van der Waals surface area contributed by atoms with E-state index in [1.54, 1.807) is 20.4 Å². The number of aromatic nitrogens is 1. The van der Waals surface area contributed by atoms with Gasteiger partial charge in [-0.2, -0.15) is 0 Å². The molecule has 0 saturated carbocycles. The van der Waals surface area contributed by atoms with Crippen LogP contribution in [0, 0.1) is 5.92 Å². The van der Waals surface area contributed by atoms with Gasteiger partial charge in [-0.15, -0.1) is 0 Å². The number of benzene rings is 1. The van der Waals surface area contributed by atoms with E-state index >= 15 is 0 Å². The summed E-state index contributed by atoms with van der Waals surface area (Å²) in [6.45, 7) is 1.42. The van der Waals surface area contributed by atoms with Gasteiger partial charge in [0.15, 0.2) is 11.5 Å². The molecule has 1 aromatic heterocycles. The minimum Gasteiger partial charge on any atom is -0.493 e. The molecule has 0 radical (unpaired) electrons. The molecule has 3 N–H and O–H groups in total. The molecule has 30 heavy (non-hydrogen) atoms. The number of hydrogen-bond acceptors (Lipinski definition) is 6. The Bertz CT molecular complexity index is 885. The third kappa shape index (κ3) is 5.40. The largest absolute Gasteiger partial charge is 0.493 e. The molecule has 160 valence electrons. The zero-order valence-corrected chi connectivity index (χ0v) is 17.4. The molecule has 1 atom stereocenters. The van der Waals surface area contributed by atoms with Gasteiger partial charge in [-0.25, -0.2) is 4.98 Å². The van der Waals surface area contributed by atoms with Crippen LogP contribution in [0.4, 0.5) is 11.5 Å². The number of methoxy groups -OCH3 is 2. The maximum atomic E-state index is 12.3. The number of anilines is 2. The molecule has 0 aliphatic carbocycles. The Balaban J connectivity index is 1.53. The third-order valence-corrected chi connectivity index (χ3v) is 5.27. The third-order valence-electron chi connectivity index (χ3n) is 5.27. The first kappa shape index (κ1) is 21.4. The molecule has 1 fully saturated rings. The van der Waals surface area contributed by atoms with Crippen LogP contribution >= 0.6 is 0 Å². The second-order valence-electron chi connectivity index (χ2n) is 7.33. The Labute approximate surface area is 176 Å². The van der Waals surface area contributed by atoms with Crippen LogP contribution in [0.3, 0.4) is 0 Å². The van der Waals surface area contributed by atoms with E-state index in [4.69, 9.17) is 15.2 Å². The summed E-state index contributed by atoms with van der Waals surface area (Å²) >= 11 is 0. The Hall–Kier alpha value is -3.29. The normalized spacial score (nSPS) is 16.1. The lowest BCUT2D eigenvalue weighted by Crippen LogP contribution is -2.41. The first-order valence-corrected chi connectivity index (χ1v) is 10.0. The number of nitrogens with one attached hydrogen (secondary N) is 1. The van der Waals surface area contributed by atoms with Crippen LogP contribution in [0.5, 0.6) is 11.5 Å².